The first-order valence-electron chi connectivity index (χ1n) is 16.6. The zero-order valence-electron chi connectivity index (χ0n) is 29.0. The fourth-order valence-electron chi connectivity index (χ4n) is 7.40. The molecule has 3 aromatic heterocycles. The molecule has 1 aliphatic heterocycles. The summed E-state index contributed by atoms with van der Waals surface area (Å²) in [6.07, 6.45) is 2.25. The molecule has 6 aromatic rings. The molecule has 0 amide bonds. The number of carboxylic acids is 1. The number of aromatic carboxylic acids is 1. The fraction of sp³-hybridized carbons (Fsp3) is 0.306. The summed E-state index contributed by atoms with van der Waals surface area (Å²) < 4.78 is 53.9. The molecule has 0 fully saturated rings. The average molecular weight is 731 g/mol. The summed E-state index contributed by atoms with van der Waals surface area (Å²) >= 11 is 6.97. The minimum atomic E-state index is -3.75. The van der Waals surface area contributed by atoms with Gasteiger partial charge in [-0.1, -0.05) is 23.1 Å². The third-order valence-electron chi connectivity index (χ3n) is 9.77. The van der Waals surface area contributed by atoms with E-state index in [2.05, 4.69) is 10.2 Å². The van der Waals surface area contributed by atoms with Gasteiger partial charge in [-0.3, -0.25) is 9.36 Å². The van der Waals surface area contributed by atoms with Gasteiger partial charge in [0.25, 0.3) is 0 Å². The first kappa shape index (κ1) is 34.8. The maximum absolute atomic E-state index is 14.4. The summed E-state index contributed by atoms with van der Waals surface area (Å²) in [5, 5.41) is 22.4. The minimum absolute atomic E-state index is 0.0140. The Morgan fingerprint density at radius 2 is 1.80 bits per heavy atom. The smallest absolute Gasteiger partial charge is 0.352 e. The van der Waals surface area contributed by atoms with E-state index in [-0.39, 0.29) is 31.2 Å². The van der Waals surface area contributed by atoms with Crippen molar-refractivity contribution in [2.24, 2.45) is 14.1 Å². The van der Waals surface area contributed by atoms with E-state index in [4.69, 9.17) is 16.3 Å². The lowest BCUT2D eigenvalue weighted by atomic mass is 9.66. The van der Waals surface area contributed by atoms with Crippen LogP contribution in [0.15, 0.2) is 48.5 Å². The standard InChI is InChI=1S/C36H37BClFN6O5S/c1-20-32-29-10-9-28(38)34(32)33-21(2)40-43(4)30(33)19-44(51(5,48)49)18-25-16-26(42(3)41-25)17-37-23-13-22-14-24(39)7-8-27(22)31(15-23)50-12-6-11-45(29)35(20)36(46)47/h7-10,13-16,37H,6,11-12,17-19H2,1-5H3,(H,46,47). The van der Waals surface area contributed by atoms with Gasteiger partial charge in [0, 0.05) is 58.8 Å². The number of fused-ring (bicyclic) bond motifs is 8. The highest BCUT2D eigenvalue weighted by atomic mass is 35.5. The Hall–Kier alpha value is -4.66. The Balaban J connectivity index is 1.42. The number of ether oxygens (including phenoxy) is 1. The maximum Gasteiger partial charge on any atom is 0.352 e. The van der Waals surface area contributed by atoms with Gasteiger partial charge in [0.2, 0.25) is 10.0 Å². The van der Waals surface area contributed by atoms with Crippen LogP contribution in [-0.2, 0) is 50.1 Å². The molecule has 0 atom stereocenters. The van der Waals surface area contributed by atoms with Crippen LogP contribution >= 0.6 is 11.6 Å². The monoisotopic (exact) mass is 730 g/mol. The Morgan fingerprint density at radius 3 is 2.55 bits per heavy atom. The van der Waals surface area contributed by atoms with E-state index in [1.54, 1.807) is 40.0 Å². The third-order valence-corrected chi connectivity index (χ3v) is 11.3. The largest absolute Gasteiger partial charge is 0.493 e. The Morgan fingerprint density at radius 1 is 1.02 bits per heavy atom. The van der Waals surface area contributed by atoms with E-state index in [9.17, 15) is 22.7 Å². The number of carbonyl (C=O) groups is 1. The average Bonchev–Trinajstić information content (AvgIpc) is 3.65. The van der Waals surface area contributed by atoms with Crippen LogP contribution < -0.4 is 10.2 Å². The van der Waals surface area contributed by atoms with Crippen molar-refractivity contribution in [3.8, 4) is 16.9 Å². The molecule has 264 valence electrons. The fourth-order valence-corrected chi connectivity index (χ4v) is 8.38. The number of hydrogen-bond acceptors (Lipinski definition) is 6. The molecule has 4 heterocycles. The predicted octanol–water partition coefficient (Wildman–Crippen LogP) is 5.04. The molecule has 51 heavy (non-hydrogen) atoms. The highest BCUT2D eigenvalue weighted by Crippen LogP contribution is 2.43. The number of aryl methyl sites for hydroxylation is 5. The lowest BCUT2D eigenvalue weighted by Gasteiger charge is -2.20. The number of carboxylic acid groups (broad SMARTS) is 1. The number of nitrogens with zero attached hydrogens (tertiary/aromatic N) is 6. The third kappa shape index (κ3) is 6.40. The second-order valence-electron chi connectivity index (χ2n) is 13.2. The van der Waals surface area contributed by atoms with Crippen molar-refractivity contribution in [1.82, 2.24) is 28.4 Å². The normalized spacial score (nSPS) is 14.6. The van der Waals surface area contributed by atoms with Gasteiger partial charge in [0.05, 0.1) is 43.0 Å². The topological polar surface area (TPSA) is 124 Å². The van der Waals surface area contributed by atoms with Crippen LogP contribution in [0.3, 0.4) is 0 Å². The molecule has 1 aliphatic rings. The Kier molecular flexibility index (Phi) is 8.97. The summed E-state index contributed by atoms with van der Waals surface area (Å²) in [5.41, 5.74) is 6.25. The Bertz CT molecular complexity index is 2490. The highest BCUT2D eigenvalue weighted by molar-refractivity contribution is 7.88. The molecule has 0 saturated carbocycles. The van der Waals surface area contributed by atoms with Crippen LogP contribution in [0, 0.1) is 19.7 Å². The zero-order chi connectivity index (χ0) is 36.4. The zero-order valence-corrected chi connectivity index (χ0v) is 30.6. The molecule has 1 N–H and O–H groups in total. The minimum Gasteiger partial charge on any atom is -0.493 e. The van der Waals surface area contributed by atoms with E-state index >= 15 is 0 Å². The van der Waals surface area contributed by atoms with E-state index in [0.717, 1.165) is 16.5 Å². The van der Waals surface area contributed by atoms with Crippen LogP contribution in [-0.4, -0.2) is 68.1 Å². The van der Waals surface area contributed by atoms with Crippen LogP contribution in [0.5, 0.6) is 5.75 Å². The number of aromatic nitrogens is 5. The Labute approximate surface area is 300 Å². The maximum atomic E-state index is 14.4. The highest BCUT2D eigenvalue weighted by Gasteiger charge is 2.29. The second kappa shape index (κ2) is 13.2. The molecular formula is C36H37BClFN6O5S. The predicted molar refractivity (Wildman–Crippen MR) is 197 cm³/mol. The summed E-state index contributed by atoms with van der Waals surface area (Å²) in [5.74, 6) is -0.815. The summed E-state index contributed by atoms with van der Waals surface area (Å²) in [7, 11) is 0.447. The second-order valence-corrected chi connectivity index (χ2v) is 15.6. The van der Waals surface area contributed by atoms with Gasteiger partial charge in [-0.25, -0.2) is 17.6 Å². The van der Waals surface area contributed by atoms with Crippen LogP contribution in [0.1, 0.15) is 45.2 Å². The quantitative estimate of drug-likeness (QED) is 0.248. The molecule has 7 rings (SSSR count). The van der Waals surface area contributed by atoms with Crippen molar-refractivity contribution < 1.29 is 27.4 Å². The molecular weight excluding hydrogens is 694 g/mol. The number of sulfonamides is 1. The molecule has 0 spiro atoms. The van der Waals surface area contributed by atoms with E-state index < -0.39 is 16.0 Å². The lowest BCUT2D eigenvalue weighted by molar-refractivity contribution is 0.0684. The molecule has 0 aliphatic carbocycles. The van der Waals surface area contributed by atoms with Gasteiger partial charge in [-0.05, 0) is 80.0 Å². The summed E-state index contributed by atoms with van der Waals surface area (Å²) in [6.45, 7) is 4.21. The van der Waals surface area contributed by atoms with Crippen molar-refractivity contribution in [3.05, 3.63) is 93.4 Å². The molecule has 0 saturated heterocycles. The van der Waals surface area contributed by atoms with Gasteiger partial charge in [0.15, 0.2) is 7.28 Å². The van der Waals surface area contributed by atoms with Crippen LogP contribution in [0.2, 0.25) is 5.02 Å². The lowest BCUT2D eigenvalue weighted by Crippen LogP contribution is -2.30. The van der Waals surface area contributed by atoms with E-state index in [1.807, 2.05) is 38.2 Å². The van der Waals surface area contributed by atoms with Crippen molar-refractivity contribution in [2.75, 3.05) is 12.9 Å². The molecule has 0 unspecified atom stereocenters. The van der Waals surface area contributed by atoms with E-state index in [0.29, 0.717) is 87.4 Å². The number of rotatable bonds is 2. The number of hydrogen-bond donors (Lipinski definition) is 1. The first-order valence-corrected chi connectivity index (χ1v) is 18.8. The molecule has 0 radical (unpaired) electrons. The van der Waals surface area contributed by atoms with Crippen molar-refractivity contribution in [1.29, 1.82) is 0 Å². The van der Waals surface area contributed by atoms with Gasteiger partial charge >= 0.3 is 5.97 Å². The molecule has 3 aromatic carbocycles. The van der Waals surface area contributed by atoms with Gasteiger partial charge in [-0.15, -0.1) is 0 Å². The molecule has 11 nitrogen and oxygen atoms in total. The SMILES string of the molecule is Cc1nn(C)c2c1-c1c(Cl)ccc3c1c(C)c(C(=O)O)n3CCCOc1cc(cc3cc(F)ccc13)BCc1cc(nn1C)CN(S(C)(=O)=O)C2. The van der Waals surface area contributed by atoms with Gasteiger partial charge in [-0.2, -0.15) is 14.5 Å². The molecule has 8 bridgehead atoms. The summed E-state index contributed by atoms with van der Waals surface area (Å²) in [4.78, 5) is 12.8. The van der Waals surface area contributed by atoms with Crippen molar-refractivity contribution in [2.45, 2.75) is 46.2 Å². The van der Waals surface area contributed by atoms with Gasteiger partial charge < -0.3 is 14.4 Å². The van der Waals surface area contributed by atoms with Crippen LogP contribution in [0.4, 0.5) is 4.39 Å². The summed E-state index contributed by atoms with van der Waals surface area (Å²) in [6, 6.07) is 14.0. The van der Waals surface area contributed by atoms with Gasteiger partial charge in [0.1, 0.15) is 17.3 Å². The van der Waals surface area contributed by atoms with E-state index in [1.165, 1.54) is 22.7 Å². The van der Waals surface area contributed by atoms with Crippen molar-refractivity contribution in [3.63, 3.8) is 0 Å². The number of benzene rings is 3. The molecule has 15 heteroatoms. The van der Waals surface area contributed by atoms with Crippen LogP contribution in [0.25, 0.3) is 32.8 Å². The number of halogens is 2. The first-order chi connectivity index (χ1) is 24.2. The van der Waals surface area contributed by atoms with Crippen molar-refractivity contribution >= 4 is 62.0 Å².